The Hall–Kier alpha value is -2.56. The number of H-pyrrole nitrogens is 1. The number of fused-ring (bicyclic) bond motifs is 1. The van der Waals surface area contributed by atoms with Crippen LogP contribution < -0.4 is 10.1 Å². The molecule has 0 atom stereocenters. The van der Waals surface area contributed by atoms with E-state index in [0.717, 1.165) is 34.0 Å². The number of hydrogen-bond donors (Lipinski definition) is 2. The number of pyridine rings is 1. The van der Waals surface area contributed by atoms with Gasteiger partial charge in [0.15, 0.2) is 5.65 Å². The van der Waals surface area contributed by atoms with Crippen LogP contribution in [0.25, 0.3) is 22.6 Å². The Morgan fingerprint density at radius 1 is 1.15 bits per heavy atom. The summed E-state index contributed by atoms with van der Waals surface area (Å²) in [7, 11) is 3.51. The van der Waals surface area contributed by atoms with Crippen LogP contribution in [0, 0.1) is 6.92 Å². The van der Waals surface area contributed by atoms with Crippen molar-refractivity contribution in [3.05, 3.63) is 35.9 Å². The number of methoxy groups -OCH3 is 1. The summed E-state index contributed by atoms with van der Waals surface area (Å²) in [6.45, 7) is 2.02. The Morgan fingerprint density at radius 3 is 2.75 bits per heavy atom. The number of hydrogen-bond acceptors (Lipinski definition) is 4. The summed E-state index contributed by atoms with van der Waals surface area (Å²) >= 11 is 0. The van der Waals surface area contributed by atoms with Gasteiger partial charge in [-0.25, -0.2) is 9.97 Å². The van der Waals surface area contributed by atoms with Crippen LogP contribution in [0.15, 0.2) is 30.3 Å². The smallest absolute Gasteiger partial charge is 0.180 e. The number of rotatable bonds is 3. The molecule has 0 aliphatic heterocycles. The van der Waals surface area contributed by atoms with Gasteiger partial charge in [0.25, 0.3) is 0 Å². The number of benzene rings is 1. The van der Waals surface area contributed by atoms with Crippen LogP contribution in [-0.2, 0) is 0 Å². The Bertz CT molecular complexity index is 764. The van der Waals surface area contributed by atoms with Crippen LogP contribution in [-0.4, -0.2) is 29.1 Å². The molecular formula is C15H16N4O. The van der Waals surface area contributed by atoms with E-state index in [0.29, 0.717) is 5.65 Å². The van der Waals surface area contributed by atoms with Crippen LogP contribution in [0.5, 0.6) is 5.75 Å². The van der Waals surface area contributed by atoms with Gasteiger partial charge in [-0.1, -0.05) is 12.1 Å². The van der Waals surface area contributed by atoms with Gasteiger partial charge in [0.2, 0.25) is 0 Å². The Labute approximate surface area is 117 Å². The van der Waals surface area contributed by atoms with Gasteiger partial charge in [-0.3, -0.25) is 0 Å². The second-order valence-electron chi connectivity index (χ2n) is 4.59. The van der Waals surface area contributed by atoms with Crippen molar-refractivity contribution < 1.29 is 4.74 Å². The zero-order valence-corrected chi connectivity index (χ0v) is 11.7. The predicted molar refractivity (Wildman–Crippen MR) is 80.2 cm³/mol. The van der Waals surface area contributed by atoms with E-state index in [1.165, 1.54) is 0 Å². The van der Waals surface area contributed by atoms with Crippen molar-refractivity contribution in [2.24, 2.45) is 0 Å². The summed E-state index contributed by atoms with van der Waals surface area (Å²) in [5.41, 5.74) is 3.70. The molecule has 0 unspecified atom stereocenters. The lowest BCUT2D eigenvalue weighted by molar-refractivity contribution is 0.412. The minimum absolute atomic E-state index is 0.700. The molecule has 0 aliphatic carbocycles. The SMILES string of the molecule is CNc1ccc2[nH]c(-c3ccc(C)c(OC)c3)nc2n1. The average molecular weight is 268 g/mol. The van der Waals surface area contributed by atoms with Gasteiger partial charge in [0, 0.05) is 12.6 Å². The van der Waals surface area contributed by atoms with Gasteiger partial charge in [0.1, 0.15) is 17.4 Å². The quantitative estimate of drug-likeness (QED) is 0.766. The van der Waals surface area contributed by atoms with Gasteiger partial charge in [-0.05, 0) is 30.7 Å². The van der Waals surface area contributed by atoms with Gasteiger partial charge < -0.3 is 15.0 Å². The van der Waals surface area contributed by atoms with Crippen LogP contribution >= 0.6 is 0 Å². The van der Waals surface area contributed by atoms with E-state index in [-0.39, 0.29) is 0 Å². The standard InChI is InChI=1S/C15H16N4O/c1-9-4-5-10(8-12(9)20-3)14-17-11-6-7-13(16-2)18-15(11)19-14/h4-8H,1-3H3,(H2,16,17,18,19). The largest absolute Gasteiger partial charge is 0.496 e. The molecule has 0 aliphatic rings. The van der Waals surface area contributed by atoms with Gasteiger partial charge in [-0.15, -0.1) is 0 Å². The summed E-state index contributed by atoms with van der Waals surface area (Å²) in [6, 6.07) is 9.91. The fraction of sp³-hybridized carbons (Fsp3) is 0.200. The number of aryl methyl sites for hydroxylation is 1. The van der Waals surface area contributed by atoms with E-state index in [9.17, 15) is 0 Å². The third-order valence-electron chi connectivity index (χ3n) is 3.28. The topological polar surface area (TPSA) is 62.8 Å². The average Bonchev–Trinajstić information content (AvgIpc) is 2.90. The molecule has 2 N–H and O–H groups in total. The molecular weight excluding hydrogens is 252 g/mol. The summed E-state index contributed by atoms with van der Waals surface area (Å²) in [5.74, 6) is 2.45. The van der Waals surface area contributed by atoms with Crippen molar-refractivity contribution in [2.75, 3.05) is 19.5 Å². The summed E-state index contributed by atoms with van der Waals surface area (Å²) in [6.07, 6.45) is 0. The first-order valence-electron chi connectivity index (χ1n) is 6.41. The molecule has 20 heavy (non-hydrogen) atoms. The maximum absolute atomic E-state index is 5.35. The molecule has 0 saturated carbocycles. The fourth-order valence-corrected chi connectivity index (χ4v) is 2.14. The van der Waals surface area contributed by atoms with E-state index in [2.05, 4.69) is 20.3 Å². The fourth-order valence-electron chi connectivity index (χ4n) is 2.14. The zero-order valence-electron chi connectivity index (χ0n) is 11.7. The second-order valence-corrected chi connectivity index (χ2v) is 4.59. The number of ether oxygens (including phenoxy) is 1. The molecule has 1 aromatic carbocycles. The molecule has 5 nitrogen and oxygen atoms in total. The number of aromatic amines is 1. The minimum atomic E-state index is 0.700. The van der Waals surface area contributed by atoms with E-state index >= 15 is 0 Å². The Kier molecular flexibility index (Phi) is 3.02. The third-order valence-corrected chi connectivity index (χ3v) is 3.28. The molecule has 3 rings (SSSR count). The molecule has 0 amide bonds. The van der Waals surface area contributed by atoms with Crippen molar-refractivity contribution in [2.45, 2.75) is 6.92 Å². The summed E-state index contributed by atoms with van der Waals surface area (Å²) in [4.78, 5) is 12.2. The summed E-state index contributed by atoms with van der Waals surface area (Å²) in [5, 5.41) is 3.01. The van der Waals surface area contributed by atoms with E-state index in [4.69, 9.17) is 4.74 Å². The van der Waals surface area contributed by atoms with Crippen molar-refractivity contribution in [1.82, 2.24) is 15.0 Å². The van der Waals surface area contributed by atoms with Gasteiger partial charge >= 0.3 is 0 Å². The predicted octanol–water partition coefficient (Wildman–Crippen LogP) is 2.98. The minimum Gasteiger partial charge on any atom is -0.496 e. The number of aromatic nitrogens is 3. The van der Waals surface area contributed by atoms with Crippen molar-refractivity contribution >= 4 is 17.0 Å². The molecule has 0 bridgehead atoms. The molecule has 0 spiro atoms. The second kappa shape index (κ2) is 4.85. The van der Waals surface area contributed by atoms with Crippen LogP contribution in [0.4, 0.5) is 5.82 Å². The first-order valence-corrected chi connectivity index (χ1v) is 6.41. The Balaban J connectivity index is 2.09. The van der Waals surface area contributed by atoms with Gasteiger partial charge in [-0.2, -0.15) is 0 Å². The zero-order chi connectivity index (χ0) is 14.1. The van der Waals surface area contributed by atoms with Crippen molar-refractivity contribution in [3.63, 3.8) is 0 Å². The monoisotopic (exact) mass is 268 g/mol. The van der Waals surface area contributed by atoms with Crippen molar-refractivity contribution in [1.29, 1.82) is 0 Å². The molecule has 2 heterocycles. The van der Waals surface area contributed by atoms with Crippen molar-refractivity contribution in [3.8, 4) is 17.1 Å². The molecule has 102 valence electrons. The van der Waals surface area contributed by atoms with Gasteiger partial charge in [0.05, 0.1) is 12.6 Å². The maximum atomic E-state index is 5.35. The van der Waals surface area contributed by atoms with E-state index in [1.807, 2.05) is 44.3 Å². The molecule has 0 saturated heterocycles. The molecule has 2 aromatic heterocycles. The molecule has 0 fully saturated rings. The normalized spacial score (nSPS) is 10.8. The molecule has 5 heteroatoms. The Morgan fingerprint density at radius 2 is 2.00 bits per heavy atom. The number of nitrogens with one attached hydrogen (secondary N) is 2. The lowest BCUT2D eigenvalue weighted by Crippen LogP contribution is -1.91. The first-order chi connectivity index (χ1) is 9.71. The van der Waals surface area contributed by atoms with E-state index < -0.39 is 0 Å². The first kappa shape index (κ1) is 12.5. The van der Waals surface area contributed by atoms with E-state index in [1.54, 1.807) is 7.11 Å². The van der Waals surface area contributed by atoms with Crippen LogP contribution in [0.3, 0.4) is 0 Å². The highest BCUT2D eigenvalue weighted by molar-refractivity contribution is 5.77. The van der Waals surface area contributed by atoms with Crippen LogP contribution in [0.1, 0.15) is 5.56 Å². The molecule has 0 radical (unpaired) electrons. The lowest BCUT2D eigenvalue weighted by atomic mass is 10.1. The molecule has 3 aromatic rings. The highest BCUT2D eigenvalue weighted by Crippen LogP contribution is 2.26. The highest BCUT2D eigenvalue weighted by atomic mass is 16.5. The lowest BCUT2D eigenvalue weighted by Gasteiger charge is -2.05. The number of anilines is 1. The number of nitrogens with zero attached hydrogens (tertiary/aromatic N) is 2. The summed E-state index contributed by atoms with van der Waals surface area (Å²) < 4.78 is 5.35. The number of imidazole rings is 1. The maximum Gasteiger partial charge on any atom is 0.180 e. The highest BCUT2D eigenvalue weighted by Gasteiger charge is 2.09. The third kappa shape index (κ3) is 2.07. The van der Waals surface area contributed by atoms with Crippen LogP contribution in [0.2, 0.25) is 0 Å².